The predicted molar refractivity (Wildman–Crippen MR) is 388 cm³/mol. The molecule has 0 aromatic rings. The number of unbranched alkanes of at least 4 members (excludes halogenated alkanes) is 44. The van der Waals surface area contributed by atoms with E-state index in [9.17, 15) is 61.0 Å². The maximum absolute atomic E-state index is 13.5. The molecule has 3 rings (SSSR count). The lowest BCUT2D eigenvalue weighted by molar-refractivity contribution is -0.379. The fourth-order valence-electron chi connectivity index (χ4n) is 13.7. The van der Waals surface area contributed by atoms with Gasteiger partial charge in [-0.1, -0.05) is 307 Å². The van der Waals surface area contributed by atoms with E-state index < -0.39 is 124 Å². The van der Waals surface area contributed by atoms with Crippen LogP contribution in [0.2, 0.25) is 0 Å². The van der Waals surface area contributed by atoms with Gasteiger partial charge in [0.2, 0.25) is 5.91 Å². The minimum atomic E-state index is -1.98. The fourth-order valence-corrected chi connectivity index (χ4v) is 13.7. The molecule has 0 radical (unpaired) electrons. The van der Waals surface area contributed by atoms with Gasteiger partial charge < -0.3 is 89.9 Å². The quantitative estimate of drug-likeness (QED) is 0.0199. The molecule has 0 aromatic heterocycles. The Bertz CT molecular complexity index is 1910. The van der Waals surface area contributed by atoms with E-state index >= 15 is 0 Å². The number of amides is 1. The summed E-state index contributed by atoms with van der Waals surface area (Å²) < 4.78 is 34.5. The first-order valence-corrected chi connectivity index (χ1v) is 40.2. The van der Waals surface area contributed by atoms with Crippen LogP contribution in [0.1, 0.15) is 328 Å². The molecule has 0 spiro atoms. The van der Waals surface area contributed by atoms with Crippen molar-refractivity contribution in [2.24, 2.45) is 0 Å². The number of aliphatic hydroxyl groups is 11. The molecule has 3 aliphatic heterocycles. The second-order valence-corrected chi connectivity index (χ2v) is 28.9. The molecule has 3 aliphatic rings. The highest BCUT2D eigenvalue weighted by Crippen LogP contribution is 2.33. The topological polar surface area (TPSA) is 307 Å². The summed E-state index contributed by atoms with van der Waals surface area (Å²) in [6, 6.07) is -0.975. The van der Waals surface area contributed by atoms with Gasteiger partial charge in [0.05, 0.1) is 38.6 Å². The molecule has 1 amide bonds. The molecule has 0 aliphatic carbocycles. The molecule has 3 saturated heterocycles. The molecular weight excluding hydrogens is 1250 g/mol. The SMILES string of the molecule is CCCCCCC/C=C\C/C=C\CCCCCCCCCCCCCCCC(=O)NC(COC1OC(CO)C(OC2OC(CO)C(OC3OC(CO)C(O)C(O)C3O)C(O)C2O)C(O)C1O)C(O)/C=C/CCCCCCCCCCCCCCCCCCCCCCCCCCCC. The third-order valence-electron chi connectivity index (χ3n) is 20.2. The molecule has 19 nitrogen and oxygen atoms in total. The van der Waals surface area contributed by atoms with E-state index in [0.29, 0.717) is 6.42 Å². The van der Waals surface area contributed by atoms with Crippen LogP contribution in [-0.2, 0) is 33.2 Å². The lowest BCUT2D eigenvalue weighted by Crippen LogP contribution is -2.66. The van der Waals surface area contributed by atoms with E-state index in [1.165, 1.54) is 250 Å². The molecule has 98 heavy (non-hydrogen) atoms. The van der Waals surface area contributed by atoms with Gasteiger partial charge in [-0.25, -0.2) is 0 Å². The van der Waals surface area contributed by atoms with Crippen molar-refractivity contribution in [1.82, 2.24) is 5.32 Å². The van der Waals surface area contributed by atoms with Gasteiger partial charge in [-0.05, 0) is 51.4 Å². The molecule has 17 unspecified atom stereocenters. The van der Waals surface area contributed by atoms with Crippen LogP contribution >= 0.6 is 0 Å². The van der Waals surface area contributed by atoms with E-state index in [-0.39, 0.29) is 18.9 Å². The third-order valence-corrected chi connectivity index (χ3v) is 20.2. The van der Waals surface area contributed by atoms with Crippen LogP contribution in [0.5, 0.6) is 0 Å². The van der Waals surface area contributed by atoms with Gasteiger partial charge in [-0.3, -0.25) is 4.79 Å². The van der Waals surface area contributed by atoms with Crippen LogP contribution in [0.3, 0.4) is 0 Å². The Morgan fingerprint density at radius 2 is 0.673 bits per heavy atom. The zero-order chi connectivity index (χ0) is 71.1. The molecule has 17 atom stereocenters. The van der Waals surface area contributed by atoms with Crippen molar-refractivity contribution in [3.63, 3.8) is 0 Å². The summed E-state index contributed by atoms with van der Waals surface area (Å²) in [5.74, 6) is -0.272. The molecule has 0 saturated carbocycles. The molecule has 576 valence electrons. The number of carbonyl (C=O) groups excluding carboxylic acids is 1. The summed E-state index contributed by atoms with van der Waals surface area (Å²) in [5.41, 5.74) is 0. The monoisotopic (exact) mass is 1400 g/mol. The number of hydrogen-bond donors (Lipinski definition) is 12. The Kier molecular flexibility index (Phi) is 55.5. The smallest absolute Gasteiger partial charge is 0.220 e. The van der Waals surface area contributed by atoms with Gasteiger partial charge >= 0.3 is 0 Å². The molecule has 3 heterocycles. The van der Waals surface area contributed by atoms with Crippen LogP contribution in [0, 0.1) is 0 Å². The number of nitrogens with one attached hydrogen (secondary N) is 1. The maximum Gasteiger partial charge on any atom is 0.220 e. The van der Waals surface area contributed by atoms with Crippen LogP contribution < -0.4 is 5.32 Å². The second-order valence-electron chi connectivity index (χ2n) is 28.9. The maximum atomic E-state index is 13.5. The van der Waals surface area contributed by atoms with Crippen molar-refractivity contribution in [2.45, 2.75) is 433 Å². The summed E-state index contributed by atoms with van der Waals surface area (Å²) >= 11 is 0. The Labute approximate surface area is 593 Å². The molecule has 12 N–H and O–H groups in total. The average Bonchev–Trinajstić information content (AvgIpc) is 0.784. The average molecular weight is 1400 g/mol. The van der Waals surface area contributed by atoms with Gasteiger partial charge in [0.25, 0.3) is 0 Å². The Morgan fingerprint density at radius 3 is 1.04 bits per heavy atom. The van der Waals surface area contributed by atoms with Crippen LogP contribution in [0.4, 0.5) is 0 Å². The van der Waals surface area contributed by atoms with Gasteiger partial charge in [0, 0.05) is 6.42 Å². The van der Waals surface area contributed by atoms with Crippen molar-refractivity contribution >= 4 is 5.91 Å². The number of allylic oxidation sites excluding steroid dienone is 5. The molecule has 3 fully saturated rings. The van der Waals surface area contributed by atoms with E-state index in [4.69, 9.17) is 28.4 Å². The van der Waals surface area contributed by atoms with Gasteiger partial charge in [-0.15, -0.1) is 0 Å². The van der Waals surface area contributed by atoms with Crippen molar-refractivity contribution in [2.75, 3.05) is 26.4 Å². The van der Waals surface area contributed by atoms with E-state index in [0.717, 1.165) is 51.4 Å². The van der Waals surface area contributed by atoms with Crippen LogP contribution in [-0.4, -0.2) is 193 Å². The standard InChI is InChI=1S/C79H147NO18/c1-3-5-7-9-11-13-15-17-19-21-23-25-27-29-30-31-33-34-36-38-40-42-44-46-48-50-52-54-56-63(84)62(80-67(85)57-55-53-51-49-47-45-43-41-39-37-35-32-28-26-24-22-20-18-16-14-12-10-8-6-4-2)61-93-77-73(91)70(88)75(65(59-82)95-77)98-79-74(92)71(89)76(66(60-83)96-79)97-78-72(90)69(87)68(86)64(58-81)94-78/h16,18,22,24,54,56,62-66,68-79,81-84,86-92H,3-15,17,19-21,23,25-53,55,57-61H2,1-2H3,(H,80,85)/b18-16-,24-22-,56-54+. The summed E-state index contributed by atoms with van der Waals surface area (Å²) in [4.78, 5) is 13.5. The summed E-state index contributed by atoms with van der Waals surface area (Å²) in [7, 11) is 0. The number of carbonyl (C=O) groups is 1. The largest absolute Gasteiger partial charge is 0.394 e. The zero-order valence-corrected chi connectivity index (χ0v) is 61.5. The Balaban J connectivity index is 1.38. The minimum absolute atomic E-state index is 0.244. The molecule has 19 heteroatoms. The number of ether oxygens (including phenoxy) is 6. The normalized spacial score (nSPS) is 26.9. The predicted octanol–water partition coefficient (Wildman–Crippen LogP) is 13.1. The van der Waals surface area contributed by atoms with E-state index in [1.54, 1.807) is 6.08 Å². The summed E-state index contributed by atoms with van der Waals surface area (Å²) in [5, 5.41) is 121. The van der Waals surface area contributed by atoms with Crippen molar-refractivity contribution in [3.8, 4) is 0 Å². The van der Waals surface area contributed by atoms with E-state index in [2.05, 4.69) is 43.5 Å². The first kappa shape index (κ1) is 90.2. The fraction of sp³-hybridized carbons (Fsp3) is 0.911. The van der Waals surface area contributed by atoms with Gasteiger partial charge in [0.15, 0.2) is 18.9 Å². The molecule has 0 aromatic carbocycles. The molecular formula is C79H147NO18. The lowest BCUT2D eigenvalue weighted by atomic mass is 9.96. The first-order valence-electron chi connectivity index (χ1n) is 40.2. The second kappa shape index (κ2) is 60.3. The van der Waals surface area contributed by atoms with Crippen LogP contribution in [0.15, 0.2) is 36.5 Å². The van der Waals surface area contributed by atoms with Crippen molar-refractivity contribution in [3.05, 3.63) is 36.5 Å². The highest BCUT2D eigenvalue weighted by molar-refractivity contribution is 5.76. The third kappa shape index (κ3) is 40.3. The summed E-state index contributed by atoms with van der Waals surface area (Å²) in [6.45, 7) is 1.77. The van der Waals surface area contributed by atoms with Gasteiger partial charge in [-0.2, -0.15) is 0 Å². The van der Waals surface area contributed by atoms with Crippen molar-refractivity contribution < 1.29 is 89.4 Å². The molecule has 0 bridgehead atoms. The Morgan fingerprint density at radius 1 is 0.367 bits per heavy atom. The van der Waals surface area contributed by atoms with E-state index in [1.807, 2.05) is 6.08 Å². The number of aliphatic hydroxyl groups excluding tert-OH is 11. The number of hydrogen-bond acceptors (Lipinski definition) is 18. The van der Waals surface area contributed by atoms with Gasteiger partial charge in [0.1, 0.15) is 73.2 Å². The van der Waals surface area contributed by atoms with Crippen molar-refractivity contribution in [1.29, 1.82) is 0 Å². The first-order chi connectivity index (χ1) is 47.8. The Hall–Kier alpha value is -1.99. The minimum Gasteiger partial charge on any atom is -0.394 e. The lowest BCUT2D eigenvalue weighted by Gasteiger charge is -2.48. The zero-order valence-electron chi connectivity index (χ0n) is 61.5. The number of rotatable bonds is 64. The summed E-state index contributed by atoms with van der Waals surface area (Å²) in [6.07, 6.45) is 47.0. The highest BCUT2D eigenvalue weighted by atomic mass is 16.8. The van der Waals surface area contributed by atoms with Crippen LogP contribution in [0.25, 0.3) is 0 Å². The highest BCUT2D eigenvalue weighted by Gasteiger charge is 2.54.